The summed E-state index contributed by atoms with van der Waals surface area (Å²) in [6.07, 6.45) is 1.29. The molecule has 1 amide bonds. The van der Waals surface area contributed by atoms with E-state index in [1.54, 1.807) is 4.90 Å². The van der Waals surface area contributed by atoms with Gasteiger partial charge in [-0.1, -0.05) is 30.3 Å². The summed E-state index contributed by atoms with van der Waals surface area (Å²) in [6.45, 7) is 2.52. The maximum Gasteiger partial charge on any atom is 0.243 e. The van der Waals surface area contributed by atoms with Crippen LogP contribution in [0.25, 0.3) is 0 Å². The molecule has 8 heteroatoms. The zero-order valence-corrected chi connectivity index (χ0v) is 17.1. The molecule has 0 spiro atoms. The number of carbonyl (C=O) groups excluding carboxylic acids is 1. The van der Waals surface area contributed by atoms with E-state index in [4.69, 9.17) is 0 Å². The molecule has 2 aromatic carbocycles. The number of hydrogen-bond acceptors (Lipinski definition) is 4. The van der Waals surface area contributed by atoms with Gasteiger partial charge in [0, 0.05) is 32.7 Å². The topological polar surface area (TPSA) is 69.7 Å². The third-order valence-corrected chi connectivity index (χ3v) is 6.81. The summed E-state index contributed by atoms with van der Waals surface area (Å²) in [6, 6.07) is 14.5. The molecule has 1 N–H and O–H groups in total. The molecule has 0 aliphatic carbocycles. The standard InChI is InChI=1S/C21H26FN3O3S/c22-19-8-10-20(11-9-19)29(27,28)25(14-4-7-18-5-2-1-3-6-18)17-21(26)24-15-12-23-13-16-24/h1-3,5-6,8-11,23H,4,7,12-17H2. The number of piperazine rings is 1. The number of amides is 1. The van der Waals surface area contributed by atoms with Gasteiger partial charge in [-0.3, -0.25) is 4.79 Å². The Morgan fingerprint density at radius 2 is 1.69 bits per heavy atom. The van der Waals surface area contributed by atoms with Gasteiger partial charge in [0.25, 0.3) is 0 Å². The van der Waals surface area contributed by atoms with Crippen LogP contribution in [-0.2, 0) is 21.2 Å². The zero-order valence-electron chi connectivity index (χ0n) is 16.3. The van der Waals surface area contributed by atoms with Crippen molar-refractivity contribution in [2.24, 2.45) is 0 Å². The number of halogens is 1. The normalized spacial score (nSPS) is 14.9. The predicted molar refractivity (Wildman–Crippen MR) is 109 cm³/mol. The largest absolute Gasteiger partial charge is 0.339 e. The van der Waals surface area contributed by atoms with Crippen molar-refractivity contribution < 1.29 is 17.6 Å². The fraction of sp³-hybridized carbons (Fsp3) is 0.381. The van der Waals surface area contributed by atoms with Crippen molar-refractivity contribution in [3.05, 3.63) is 66.0 Å². The van der Waals surface area contributed by atoms with E-state index in [1.807, 2.05) is 30.3 Å². The molecule has 156 valence electrons. The van der Waals surface area contributed by atoms with Crippen molar-refractivity contribution >= 4 is 15.9 Å². The Hall–Kier alpha value is -2.29. The SMILES string of the molecule is O=C(CN(CCCc1ccccc1)S(=O)(=O)c1ccc(F)cc1)N1CCNCC1. The molecule has 1 heterocycles. The Labute approximate surface area is 171 Å². The minimum atomic E-state index is -3.90. The number of carbonyl (C=O) groups is 1. The van der Waals surface area contributed by atoms with E-state index >= 15 is 0 Å². The Balaban J connectivity index is 1.74. The second-order valence-electron chi connectivity index (χ2n) is 7.01. The van der Waals surface area contributed by atoms with E-state index in [1.165, 1.54) is 16.4 Å². The second kappa shape index (κ2) is 9.96. The number of aryl methyl sites for hydroxylation is 1. The van der Waals surface area contributed by atoms with Crippen molar-refractivity contribution in [3.63, 3.8) is 0 Å². The lowest BCUT2D eigenvalue weighted by atomic mass is 10.1. The highest BCUT2D eigenvalue weighted by Crippen LogP contribution is 2.18. The first-order chi connectivity index (χ1) is 14.0. The molecule has 2 aromatic rings. The highest BCUT2D eigenvalue weighted by molar-refractivity contribution is 7.89. The molecular formula is C21H26FN3O3S. The summed E-state index contributed by atoms with van der Waals surface area (Å²) in [4.78, 5) is 14.4. The van der Waals surface area contributed by atoms with Crippen LogP contribution < -0.4 is 5.32 Å². The Kier molecular flexibility index (Phi) is 7.35. The van der Waals surface area contributed by atoms with Crippen molar-refractivity contribution in [3.8, 4) is 0 Å². The van der Waals surface area contributed by atoms with Crippen molar-refractivity contribution in [2.45, 2.75) is 17.7 Å². The van der Waals surface area contributed by atoms with Crippen LogP contribution in [0.5, 0.6) is 0 Å². The van der Waals surface area contributed by atoms with Gasteiger partial charge in [0.1, 0.15) is 5.82 Å². The fourth-order valence-electron chi connectivity index (χ4n) is 3.31. The molecular weight excluding hydrogens is 393 g/mol. The van der Waals surface area contributed by atoms with Crippen molar-refractivity contribution in [1.82, 2.24) is 14.5 Å². The molecule has 0 unspecified atom stereocenters. The smallest absolute Gasteiger partial charge is 0.243 e. The number of sulfonamides is 1. The average molecular weight is 420 g/mol. The molecule has 0 aromatic heterocycles. The lowest BCUT2D eigenvalue weighted by Gasteiger charge is -2.30. The quantitative estimate of drug-likeness (QED) is 0.709. The van der Waals surface area contributed by atoms with Crippen LogP contribution in [0, 0.1) is 5.82 Å². The van der Waals surface area contributed by atoms with Gasteiger partial charge in [0.05, 0.1) is 11.4 Å². The summed E-state index contributed by atoms with van der Waals surface area (Å²) >= 11 is 0. The van der Waals surface area contributed by atoms with E-state index in [0.717, 1.165) is 17.7 Å². The van der Waals surface area contributed by atoms with Gasteiger partial charge in [-0.2, -0.15) is 4.31 Å². The maximum absolute atomic E-state index is 13.2. The summed E-state index contributed by atoms with van der Waals surface area (Å²) in [5, 5.41) is 3.18. The highest BCUT2D eigenvalue weighted by atomic mass is 32.2. The monoisotopic (exact) mass is 419 g/mol. The molecule has 0 radical (unpaired) electrons. The van der Waals surface area contributed by atoms with Crippen LogP contribution >= 0.6 is 0 Å². The van der Waals surface area contributed by atoms with Crippen LogP contribution in [0.1, 0.15) is 12.0 Å². The van der Waals surface area contributed by atoms with Crippen LogP contribution in [0.3, 0.4) is 0 Å². The van der Waals surface area contributed by atoms with Gasteiger partial charge in [-0.25, -0.2) is 12.8 Å². The van der Waals surface area contributed by atoms with Gasteiger partial charge in [0.2, 0.25) is 15.9 Å². The first-order valence-corrected chi connectivity index (χ1v) is 11.2. The van der Waals surface area contributed by atoms with Crippen molar-refractivity contribution in [2.75, 3.05) is 39.3 Å². The lowest BCUT2D eigenvalue weighted by molar-refractivity contribution is -0.131. The molecule has 1 saturated heterocycles. The second-order valence-corrected chi connectivity index (χ2v) is 8.95. The van der Waals surface area contributed by atoms with Gasteiger partial charge in [-0.05, 0) is 42.7 Å². The first-order valence-electron chi connectivity index (χ1n) is 9.75. The Morgan fingerprint density at radius 3 is 2.34 bits per heavy atom. The van der Waals surface area contributed by atoms with E-state index in [0.29, 0.717) is 39.0 Å². The molecule has 29 heavy (non-hydrogen) atoms. The zero-order chi connectivity index (χ0) is 20.7. The van der Waals surface area contributed by atoms with E-state index in [9.17, 15) is 17.6 Å². The average Bonchev–Trinajstić information content (AvgIpc) is 2.74. The van der Waals surface area contributed by atoms with Gasteiger partial charge < -0.3 is 10.2 Å². The van der Waals surface area contributed by atoms with E-state index in [-0.39, 0.29) is 23.9 Å². The molecule has 0 saturated carbocycles. The van der Waals surface area contributed by atoms with Gasteiger partial charge in [0.15, 0.2) is 0 Å². The number of hydrogen-bond donors (Lipinski definition) is 1. The molecule has 1 aliphatic rings. The summed E-state index contributed by atoms with van der Waals surface area (Å²) in [5.74, 6) is -0.714. The lowest BCUT2D eigenvalue weighted by Crippen LogP contribution is -2.50. The van der Waals surface area contributed by atoms with Gasteiger partial charge >= 0.3 is 0 Å². The van der Waals surface area contributed by atoms with Crippen LogP contribution in [-0.4, -0.2) is 62.8 Å². The molecule has 1 fully saturated rings. The molecule has 6 nitrogen and oxygen atoms in total. The number of benzene rings is 2. The minimum absolute atomic E-state index is 0.00766. The number of nitrogens with one attached hydrogen (secondary N) is 1. The molecule has 0 atom stereocenters. The van der Waals surface area contributed by atoms with Crippen molar-refractivity contribution in [1.29, 1.82) is 0 Å². The summed E-state index contributed by atoms with van der Waals surface area (Å²) in [5.41, 5.74) is 1.11. The van der Waals surface area contributed by atoms with Gasteiger partial charge in [-0.15, -0.1) is 0 Å². The number of nitrogens with zero attached hydrogens (tertiary/aromatic N) is 2. The van der Waals surface area contributed by atoms with Crippen LogP contribution in [0.4, 0.5) is 4.39 Å². The Morgan fingerprint density at radius 1 is 1.03 bits per heavy atom. The molecule has 0 bridgehead atoms. The highest BCUT2D eigenvalue weighted by Gasteiger charge is 2.28. The maximum atomic E-state index is 13.2. The van der Waals surface area contributed by atoms with Crippen LogP contribution in [0.2, 0.25) is 0 Å². The summed E-state index contributed by atoms with van der Waals surface area (Å²) in [7, 11) is -3.90. The minimum Gasteiger partial charge on any atom is -0.339 e. The number of rotatable bonds is 8. The first kappa shape index (κ1) is 21.4. The predicted octanol–water partition coefficient (Wildman–Crippen LogP) is 1.88. The molecule has 3 rings (SSSR count). The van der Waals surface area contributed by atoms with E-state index in [2.05, 4.69) is 5.32 Å². The fourth-order valence-corrected chi connectivity index (χ4v) is 4.74. The molecule has 1 aliphatic heterocycles. The third kappa shape index (κ3) is 5.85. The van der Waals surface area contributed by atoms with Crippen LogP contribution in [0.15, 0.2) is 59.5 Å². The third-order valence-electron chi connectivity index (χ3n) is 4.95. The van der Waals surface area contributed by atoms with E-state index < -0.39 is 15.8 Å². The Bertz CT molecular complexity index is 899. The summed E-state index contributed by atoms with van der Waals surface area (Å²) < 4.78 is 40.7.